The van der Waals surface area contributed by atoms with Gasteiger partial charge in [0.25, 0.3) is 0 Å². The van der Waals surface area contributed by atoms with Crippen LogP contribution >= 0.6 is 0 Å². The fourth-order valence-electron chi connectivity index (χ4n) is 3.73. The Bertz CT molecular complexity index is 704. The normalized spacial score (nSPS) is 20.8. The first-order valence-electron chi connectivity index (χ1n) is 9.86. The molecule has 3 rings (SSSR count). The Kier molecular flexibility index (Phi) is 7.02. The summed E-state index contributed by atoms with van der Waals surface area (Å²) in [6.45, 7) is 3.07. The molecule has 1 saturated heterocycles. The molecule has 2 aromatic carbocycles. The van der Waals surface area contributed by atoms with Crippen molar-refractivity contribution in [1.82, 2.24) is 4.90 Å². The summed E-state index contributed by atoms with van der Waals surface area (Å²) in [4.78, 5) is 14.5. The van der Waals surface area contributed by atoms with E-state index >= 15 is 0 Å². The predicted molar refractivity (Wildman–Crippen MR) is 106 cm³/mol. The number of aliphatic hydroxyl groups excluding tert-OH is 1. The lowest BCUT2D eigenvalue weighted by atomic mass is 10.00. The molecule has 3 atom stereocenters. The quantitative estimate of drug-likeness (QED) is 0.731. The van der Waals surface area contributed by atoms with Gasteiger partial charge in [-0.1, -0.05) is 80.4 Å². The summed E-state index contributed by atoms with van der Waals surface area (Å²) in [5.41, 5.74) is 2.15. The van der Waals surface area contributed by atoms with Crippen LogP contribution < -0.4 is 0 Å². The highest BCUT2D eigenvalue weighted by Gasteiger charge is 2.44. The van der Waals surface area contributed by atoms with Crippen molar-refractivity contribution in [1.29, 1.82) is 0 Å². The Hall–Kier alpha value is -2.17. The molecule has 0 saturated carbocycles. The van der Waals surface area contributed by atoms with Gasteiger partial charge in [0.05, 0.1) is 31.3 Å². The van der Waals surface area contributed by atoms with Crippen molar-refractivity contribution in [2.45, 2.75) is 64.0 Å². The van der Waals surface area contributed by atoms with Crippen LogP contribution in [0.15, 0.2) is 60.7 Å². The van der Waals surface area contributed by atoms with E-state index in [0.717, 1.165) is 24.0 Å². The molecule has 4 heteroatoms. The number of benzene rings is 2. The average molecular weight is 367 g/mol. The van der Waals surface area contributed by atoms with Crippen molar-refractivity contribution >= 4 is 5.91 Å². The molecular formula is C23H29NO3. The lowest BCUT2D eigenvalue weighted by Crippen LogP contribution is -2.46. The second-order valence-electron chi connectivity index (χ2n) is 7.25. The molecule has 1 aliphatic heterocycles. The number of carbonyl (C=O) groups is 1. The topological polar surface area (TPSA) is 49.8 Å². The third kappa shape index (κ3) is 5.18. The highest BCUT2D eigenvalue weighted by molar-refractivity contribution is 5.80. The standard InChI is InChI=1S/C23H29NO3/c1-2-3-14-20(25)23-21(27-17-19-12-8-5-9-13-19)15-22(26)24(23)16-18-10-6-4-7-11-18/h4-13,20-21,23,25H,2-3,14-17H2,1H3/t20-,21+,23-/m1/s1. The maximum Gasteiger partial charge on any atom is 0.226 e. The van der Waals surface area contributed by atoms with E-state index in [2.05, 4.69) is 6.92 Å². The molecule has 0 bridgehead atoms. The minimum atomic E-state index is -0.569. The molecule has 144 valence electrons. The van der Waals surface area contributed by atoms with Crippen molar-refractivity contribution in [3.63, 3.8) is 0 Å². The molecule has 0 aromatic heterocycles. The van der Waals surface area contributed by atoms with Gasteiger partial charge in [-0.05, 0) is 17.5 Å². The number of ether oxygens (including phenoxy) is 1. The van der Waals surface area contributed by atoms with E-state index in [1.54, 1.807) is 0 Å². The molecule has 0 unspecified atom stereocenters. The number of aliphatic hydroxyl groups is 1. The summed E-state index contributed by atoms with van der Waals surface area (Å²) in [5.74, 6) is 0.0532. The number of nitrogens with zero attached hydrogens (tertiary/aromatic N) is 1. The lowest BCUT2D eigenvalue weighted by Gasteiger charge is -2.32. The van der Waals surface area contributed by atoms with E-state index in [-0.39, 0.29) is 18.1 Å². The van der Waals surface area contributed by atoms with Crippen LogP contribution in [0.2, 0.25) is 0 Å². The summed E-state index contributed by atoms with van der Waals surface area (Å²) in [5, 5.41) is 10.8. The van der Waals surface area contributed by atoms with Crippen molar-refractivity contribution in [3.05, 3.63) is 71.8 Å². The summed E-state index contributed by atoms with van der Waals surface area (Å²) in [7, 11) is 0. The zero-order valence-electron chi connectivity index (χ0n) is 16.0. The van der Waals surface area contributed by atoms with Gasteiger partial charge in [0.2, 0.25) is 5.91 Å². The molecule has 0 radical (unpaired) electrons. The van der Waals surface area contributed by atoms with Crippen LogP contribution in [0.5, 0.6) is 0 Å². The first-order valence-corrected chi connectivity index (χ1v) is 9.86. The number of rotatable bonds is 9. The van der Waals surface area contributed by atoms with E-state index in [1.165, 1.54) is 0 Å². The third-order valence-electron chi connectivity index (χ3n) is 5.19. The monoisotopic (exact) mass is 367 g/mol. The Morgan fingerprint density at radius 1 is 1.07 bits per heavy atom. The van der Waals surface area contributed by atoms with Gasteiger partial charge in [-0.15, -0.1) is 0 Å². The second-order valence-corrected chi connectivity index (χ2v) is 7.25. The minimum Gasteiger partial charge on any atom is -0.391 e. The van der Waals surface area contributed by atoms with E-state index in [1.807, 2.05) is 65.6 Å². The van der Waals surface area contributed by atoms with Crippen LogP contribution in [-0.4, -0.2) is 34.2 Å². The van der Waals surface area contributed by atoms with E-state index < -0.39 is 6.10 Å². The Morgan fingerprint density at radius 3 is 2.33 bits per heavy atom. The van der Waals surface area contributed by atoms with Crippen LogP contribution in [0.25, 0.3) is 0 Å². The molecule has 1 aliphatic rings. The van der Waals surface area contributed by atoms with E-state index in [4.69, 9.17) is 4.74 Å². The van der Waals surface area contributed by atoms with Gasteiger partial charge in [0.15, 0.2) is 0 Å². The van der Waals surface area contributed by atoms with Gasteiger partial charge in [0.1, 0.15) is 0 Å². The summed E-state index contributed by atoms with van der Waals surface area (Å²) < 4.78 is 6.12. The lowest BCUT2D eigenvalue weighted by molar-refractivity contribution is -0.131. The van der Waals surface area contributed by atoms with Crippen LogP contribution in [0.1, 0.15) is 43.7 Å². The van der Waals surface area contributed by atoms with Crippen LogP contribution in [0.4, 0.5) is 0 Å². The van der Waals surface area contributed by atoms with Crippen LogP contribution in [0.3, 0.4) is 0 Å². The van der Waals surface area contributed by atoms with Gasteiger partial charge >= 0.3 is 0 Å². The summed E-state index contributed by atoms with van der Waals surface area (Å²) in [6, 6.07) is 19.6. The van der Waals surface area contributed by atoms with Crippen molar-refractivity contribution < 1.29 is 14.6 Å². The fraction of sp³-hybridized carbons (Fsp3) is 0.435. The molecule has 1 N–H and O–H groups in total. The highest BCUT2D eigenvalue weighted by Crippen LogP contribution is 2.29. The highest BCUT2D eigenvalue weighted by atomic mass is 16.5. The molecule has 1 fully saturated rings. The number of hydrogen-bond acceptors (Lipinski definition) is 3. The number of carbonyl (C=O) groups excluding carboxylic acids is 1. The van der Waals surface area contributed by atoms with Gasteiger partial charge in [-0.3, -0.25) is 4.79 Å². The molecule has 0 spiro atoms. The number of hydrogen-bond donors (Lipinski definition) is 1. The molecular weight excluding hydrogens is 338 g/mol. The van der Waals surface area contributed by atoms with Gasteiger partial charge in [0, 0.05) is 6.54 Å². The van der Waals surface area contributed by atoms with Crippen molar-refractivity contribution in [2.24, 2.45) is 0 Å². The molecule has 1 heterocycles. The summed E-state index contributed by atoms with van der Waals surface area (Å²) in [6.07, 6.45) is 2.12. The Balaban J connectivity index is 1.73. The van der Waals surface area contributed by atoms with Crippen LogP contribution in [-0.2, 0) is 22.7 Å². The zero-order valence-corrected chi connectivity index (χ0v) is 16.0. The Morgan fingerprint density at radius 2 is 1.70 bits per heavy atom. The van der Waals surface area contributed by atoms with Gasteiger partial charge in [-0.2, -0.15) is 0 Å². The number of amides is 1. The fourth-order valence-corrected chi connectivity index (χ4v) is 3.73. The molecule has 0 aliphatic carbocycles. The summed E-state index contributed by atoms with van der Waals surface area (Å²) >= 11 is 0. The van der Waals surface area contributed by atoms with Gasteiger partial charge < -0.3 is 14.7 Å². The molecule has 2 aromatic rings. The zero-order chi connectivity index (χ0) is 19.1. The number of likely N-dealkylation sites (tertiary alicyclic amines) is 1. The smallest absolute Gasteiger partial charge is 0.226 e. The first-order chi connectivity index (χ1) is 13.2. The van der Waals surface area contributed by atoms with Crippen molar-refractivity contribution in [2.75, 3.05) is 0 Å². The van der Waals surface area contributed by atoms with Crippen molar-refractivity contribution in [3.8, 4) is 0 Å². The molecule has 27 heavy (non-hydrogen) atoms. The third-order valence-corrected chi connectivity index (χ3v) is 5.19. The van der Waals surface area contributed by atoms with E-state index in [9.17, 15) is 9.90 Å². The average Bonchev–Trinajstić information content (AvgIpc) is 3.01. The second kappa shape index (κ2) is 9.67. The largest absolute Gasteiger partial charge is 0.391 e. The molecule has 4 nitrogen and oxygen atoms in total. The predicted octanol–water partition coefficient (Wildman–Crippen LogP) is 3.92. The minimum absolute atomic E-state index is 0.0532. The maximum absolute atomic E-state index is 12.7. The van der Waals surface area contributed by atoms with E-state index in [0.29, 0.717) is 26.0 Å². The number of unbranched alkanes of at least 4 members (excludes halogenated alkanes) is 1. The van der Waals surface area contributed by atoms with Gasteiger partial charge in [-0.25, -0.2) is 0 Å². The maximum atomic E-state index is 12.7. The Labute approximate surface area is 161 Å². The molecule has 1 amide bonds. The van der Waals surface area contributed by atoms with Crippen LogP contribution in [0, 0.1) is 0 Å². The SMILES string of the molecule is CCCC[C@@H](O)[C@@H]1[C@@H](OCc2ccccc2)CC(=O)N1Cc1ccccc1. The first kappa shape index (κ1) is 19.6.